The second-order valence-electron chi connectivity index (χ2n) is 6.81. The molecule has 2 N–H and O–H groups in total. The van der Waals surface area contributed by atoms with Crippen molar-refractivity contribution in [3.05, 3.63) is 0 Å². The Morgan fingerprint density at radius 1 is 1.00 bits per heavy atom. The first kappa shape index (κ1) is 20.0. The third-order valence-corrected chi connectivity index (χ3v) is 4.66. The third-order valence-electron chi connectivity index (χ3n) is 4.66. The average Bonchev–Trinajstić information content (AvgIpc) is 2.76. The molecule has 0 aliphatic carbocycles. The van der Waals surface area contributed by atoms with Gasteiger partial charge in [-0.2, -0.15) is 0 Å². The molecular formula is C16H34IN5. The van der Waals surface area contributed by atoms with E-state index in [0.29, 0.717) is 5.92 Å². The molecule has 1 unspecified atom stereocenters. The molecule has 2 aliphatic rings. The zero-order valence-corrected chi connectivity index (χ0v) is 16.7. The van der Waals surface area contributed by atoms with Gasteiger partial charge in [0, 0.05) is 52.4 Å². The molecular weight excluding hydrogens is 389 g/mol. The Morgan fingerprint density at radius 2 is 1.59 bits per heavy atom. The monoisotopic (exact) mass is 423 g/mol. The van der Waals surface area contributed by atoms with Crippen molar-refractivity contribution in [2.45, 2.75) is 32.6 Å². The minimum absolute atomic E-state index is 0. The minimum atomic E-state index is 0. The van der Waals surface area contributed by atoms with Gasteiger partial charge in [-0.05, 0) is 25.8 Å². The van der Waals surface area contributed by atoms with E-state index in [9.17, 15) is 0 Å². The summed E-state index contributed by atoms with van der Waals surface area (Å²) < 4.78 is 0. The number of likely N-dealkylation sites (tertiary alicyclic amines) is 1. The van der Waals surface area contributed by atoms with Gasteiger partial charge in [0.15, 0.2) is 5.96 Å². The topological polar surface area (TPSA) is 48.1 Å². The molecule has 130 valence electrons. The van der Waals surface area contributed by atoms with Crippen LogP contribution in [0.5, 0.6) is 0 Å². The van der Waals surface area contributed by atoms with Gasteiger partial charge in [0.2, 0.25) is 0 Å². The molecule has 0 saturated carbocycles. The van der Waals surface area contributed by atoms with E-state index in [1.807, 2.05) is 0 Å². The maximum atomic E-state index is 6.17. The fraction of sp³-hybridized carbons (Fsp3) is 0.938. The van der Waals surface area contributed by atoms with Crippen LogP contribution in [0.15, 0.2) is 4.99 Å². The number of piperazine rings is 1. The van der Waals surface area contributed by atoms with Crippen LogP contribution in [-0.2, 0) is 0 Å². The van der Waals surface area contributed by atoms with E-state index in [4.69, 9.17) is 5.73 Å². The Labute approximate surface area is 153 Å². The first-order chi connectivity index (χ1) is 10.1. The predicted octanol–water partition coefficient (Wildman–Crippen LogP) is 1.68. The summed E-state index contributed by atoms with van der Waals surface area (Å²) in [6.07, 6.45) is 5.19. The zero-order valence-electron chi connectivity index (χ0n) is 14.3. The van der Waals surface area contributed by atoms with E-state index in [-0.39, 0.29) is 24.0 Å². The number of halogens is 1. The maximum Gasteiger partial charge on any atom is 0.191 e. The lowest BCUT2D eigenvalue weighted by atomic mass is 10.1. The molecule has 0 aromatic rings. The molecule has 0 bridgehead atoms. The van der Waals surface area contributed by atoms with Crippen LogP contribution in [0, 0.1) is 5.92 Å². The van der Waals surface area contributed by atoms with Crippen LogP contribution in [0.4, 0.5) is 0 Å². The smallest absolute Gasteiger partial charge is 0.191 e. The number of hydrogen-bond donors (Lipinski definition) is 1. The lowest BCUT2D eigenvalue weighted by Crippen LogP contribution is -2.46. The van der Waals surface area contributed by atoms with E-state index in [2.05, 4.69) is 33.7 Å². The number of guanidine groups is 1. The number of nitrogens with two attached hydrogens (primary N) is 1. The van der Waals surface area contributed by atoms with Crippen LogP contribution >= 0.6 is 24.0 Å². The van der Waals surface area contributed by atoms with Crippen molar-refractivity contribution in [3.63, 3.8) is 0 Å². The highest BCUT2D eigenvalue weighted by Crippen LogP contribution is 2.10. The quantitative estimate of drug-likeness (QED) is 0.425. The largest absolute Gasteiger partial charge is 0.370 e. The van der Waals surface area contributed by atoms with Crippen LogP contribution in [0.2, 0.25) is 0 Å². The van der Waals surface area contributed by atoms with Gasteiger partial charge in [-0.25, -0.2) is 0 Å². The predicted molar refractivity (Wildman–Crippen MR) is 105 cm³/mol. The van der Waals surface area contributed by atoms with Gasteiger partial charge in [0.1, 0.15) is 0 Å². The van der Waals surface area contributed by atoms with Crippen LogP contribution in [0.3, 0.4) is 0 Å². The SMILES string of the molecule is CC(CN=C(N)N1CCCCCC1)CN1CCN(C)CC1.I. The van der Waals surface area contributed by atoms with E-state index < -0.39 is 0 Å². The fourth-order valence-corrected chi connectivity index (χ4v) is 3.18. The maximum absolute atomic E-state index is 6.17. The summed E-state index contributed by atoms with van der Waals surface area (Å²) in [5.74, 6) is 1.35. The molecule has 22 heavy (non-hydrogen) atoms. The summed E-state index contributed by atoms with van der Waals surface area (Å²) >= 11 is 0. The van der Waals surface area contributed by atoms with Crippen molar-refractivity contribution in [3.8, 4) is 0 Å². The molecule has 2 heterocycles. The van der Waals surface area contributed by atoms with Gasteiger partial charge in [-0.3, -0.25) is 4.99 Å². The Bertz CT molecular complexity index is 320. The Balaban J connectivity index is 0.00000242. The lowest BCUT2D eigenvalue weighted by Gasteiger charge is -2.33. The summed E-state index contributed by atoms with van der Waals surface area (Å²) in [4.78, 5) is 11.9. The van der Waals surface area contributed by atoms with Crippen molar-refractivity contribution in [2.24, 2.45) is 16.6 Å². The molecule has 2 rings (SSSR count). The highest BCUT2D eigenvalue weighted by Gasteiger charge is 2.16. The minimum Gasteiger partial charge on any atom is -0.370 e. The summed E-state index contributed by atoms with van der Waals surface area (Å²) in [7, 11) is 2.20. The number of nitrogens with zero attached hydrogens (tertiary/aromatic N) is 4. The first-order valence-electron chi connectivity index (χ1n) is 8.61. The molecule has 0 aromatic carbocycles. The highest BCUT2D eigenvalue weighted by molar-refractivity contribution is 14.0. The molecule has 0 aromatic heterocycles. The Kier molecular flexibility index (Phi) is 9.66. The van der Waals surface area contributed by atoms with E-state index >= 15 is 0 Å². The molecule has 1 atom stereocenters. The summed E-state index contributed by atoms with van der Waals surface area (Å²) in [6, 6.07) is 0. The van der Waals surface area contributed by atoms with Gasteiger partial charge in [0.05, 0.1) is 0 Å². The summed E-state index contributed by atoms with van der Waals surface area (Å²) in [5, 5.41) is 0. The van der Waals surface area contributed by atoms with Gasteiger partial charge in [-0.1, -0.05) is 19.8 Å². The molecule has 6 heteroatoms. The summed E-state index contributed by atoms with van der Waals surface area (Å²) in [5.41, 5.74) is 6.17. The second-order valence-corrected chi connectivity index (χ2v) is 6.81. The van der Waals surface area contributed by atoms with Crippen molar-refractivity contribution >= 4 is 29.9 Å². The molecule has 2 saturated heterocycles. The molecule has 2 aliphatic heterocycles. The molecule has 0 radical (unpaired) electrons. The summed E-state index contributed by atoms with van der Waals surface area (Å²) in [6.45, 7) is 11.2. The van der Waals surface area contributed by atoms with Crippen molar-refractivity contribution in [1.82, 2.24) is 14.7 Å². The van der Waals surface area contributed by atoms with Gasteiger partial charge in [-0.15, -0.1) is 24.0 Å². The highest BCUT2D eigenvalue weighted by atomic mass is 127. The fourth-order valence-electron chi connectivity index (χ4n) is 3.18. The zero-order chi connectivity index (χ0) is 15.1. The average molecular weight is 423 g/mol. The van der Waals surface area contributed by atoms with Gasteiger partial charge in [0.25, 0.3) is 0 Å². The van der Waals surface area contributed by atoms with E-state index in [1.54, 1.807) is 0 Å². The molecule has 0 amide bonds. The van der Waals surface area contributed by atoms with Crippen LogP contribution in [0.1, 0.15) is 32.6 Å². The number of likely N-dealkylation sites (N-methyl/N-ethyl adjacent to an activating group) is 1. The lowest BCUT2D eigenvalue weighted by molar-refractivity contribution is 0.140. The number of hydrogen-bond acceptors (Lipinski definition) is 3. The van der Waals surface area contributed by atoms with Gasteiger partial charge >= 0.3 is 0 Å². The second kappa shape index (κ2) is 10.6. The van der Waals surface area contributed by atoms with Crippen molar-refractivity contribution in [1.29, 1.82) is 0 Å². The molecule has 0 spiro atoms. The van der Waals surface area contributed by atoms with Crippen LogP contribution in [0.25, 0.3) is 0 Å². The Hall–Kier alpha value is -0.0800. The van der Waals surface area contributed by atoms with Crippen LogP contribution < -0.4 is 5.73 Å². The molecule has 5 nitrogen and oxygen atoms in total. The first-order valence-corrected chi connectivity index (χ1v) is 8.61. The standard InChI is InChI=1S/C16H33N5.HI/c1-15(14-20-11-9-19(2)10-12-20)13-18-16(17)21-7-5-3-4-6-8-21;/h15H,3-14H2,1-2H3,(H2,17,18);1H. The normalized spacial score (nSPS) is 23.7. The van der Waals surface area contributed by atoms with E-state index in [0.717, 1.165) is 32.1 Å². The third kappa shape index (κ3) is 7.00. The number of aliphatic imine (C=N–C) groups is 1. The Morgan fingerprint density at radius 3 is 2.18 bits per heavy atom. The van der Waals surface area contributed by atoms with Crippen molar-refractivity contribution < 1.29 is 0 Å². The van der Waals surface area contributed by atoms with Crippen molar-refractivity contribution in [2.75, 3.05) is 59.4 Å². The molecule has 2 fully saturated rings. The van der Waals surface area contributed by atoms with Crippen LogP contribution in [-0.4, -0.2) is 80.1 Å². The van der Waals surface area contributed by atoms with Gasteiger partial charge < -0.3 is 20.4 Å². The van der Waals surface area contributed by atoms with E-state index in [1.165, 1.54) is 51.9 Å². The number of rotatable bonds is 4.